The number of carbonyl (C=O) groups excluding carboxylic acids is 1. The number of fused-ring (bicyclic) bond motifs is 1. The topological polar surface area (TPSA) is 42.0 Å². The Hall–Kier alpha value is -1.68. The summed E-state index contributed by atoms with van der Waals surface area (Å²) >= 11 is 1.63. The van der Waals surface area contributed by atoms with Gasteiger partial charge in [-0.05, 0) is 62.3 Å². The molecule has 2 aromatic rings. The zero-order chi connectivity index (χ0) is 15.0. The predicted octanol–water partition coefficient (Wildman–Crippen LogP) is 4.14. The highest BCUT2D eigenvalue weighted by Crippen LogP contribution is 2.32. The number of hydrogen-bond donors (Lipinski definition) is 1. The van der Waals surface area contributed by atoms with Crippen molar-refractivity contribution in [2.24, 2.45) is 5.92 Å². The van der Waals surface area contributed by atoms with Gasteiger partial charge in [0.15, 0.2) is 5.13 Å². The number of aromatic nitrogens is 1. The number of anilines is 1. The van der Waals surface area contributed by atoms with Crippen molar-refractivity contribution in [1.29, 1.82) is 0 Å². The molecule has 0 fully saturated rings. The molecule has 0 saturated heterocycles. The summed E-state index contributed by atoms with van der Waals surface area (Å²) in [5.74, 6) is 0.651. The number of nitrogens with zero attached hydrogens (tertiary/aromatic N) is 1. The maximum Gasteiger partial charge on any atom is 0.257 e. The van der Waals surface area contributed by atoms with Gasteiger partial charge in [-0.15, -0.1) is 11.3 Å². The van der Waals surface area contributed by atoms with E-state index in [0.717, 1.165) is 29.5 Å². The minimum atomic E-state index is -0.0720. The molecule has 0 aliphatic heterocycles. The zero-order valence-electron chi connectivity index (χ0n) is 12.7. The summed E-state index contributed by atoms with van der Waals surface area (Å²) < 4.78 is 0. The lowest BCUT2D eigenvalue weighted by molar-refractivity contribution is 0.102. The number of amides is 1. The van der Waals surface area contributed by atoms with E-state index >= 15 is 0 Å². The quantitative estimate of drug-likeness (QED) is 0.905. The molecule has 1 N–H and O–H groups in total. The van der Waals surface area contributed by atoms with Crippen molar-refractivity contribution in [3.8, 4) is 0 Å². The van der Waals surface area contributed by atoms with Crippen molar-refractivity contribution in [2.45, 2.75) is 40.0 Å². The highest BCUT2D eigenvalue weighted by atomic mass is 32.1. The molecule has 1 aromatic heterocycles. The van der Waals surface area contributed by atoms with Gasteiger partial charge >= 0.3 is 0 Å². The van der Waals surface area contributed by atoms with Crippen LogP contribution in [0, 0.1) is 19.8 Å². The van der Waals surface area contributed by atoms with Crippen LogP contribution in [0.4, 0.5) is 5.13 Å². The molecule has 1 atom stereocenters. The molecule has 3 rings (SSSR count). The molecule has 1 aliphatic carbocycles. The highest BCUT2D eigenvalue weighted by Gasteiger charge is 2.20. The van der Waals surface area contributed by atoms with E-state index in [1.165, 1.54) is 22.6 Å². The second kappa shape index (κ2) is 5.60. The van der Waals surface area contributed by atoms with E-state index in [2.05, 4.69) is 17.2 Å². The smallest absolute Gasteiger partial charge is 0.257 e. The van der Waals surface area contributed by atoms with Gasteiger partial charge in [0.2, 0.25) is 0 Å². The molecule has 0 saturated carbocycles. The van der Waals surface area contributed by atoms with Crippen LogP contribution in [0.25, 0.3) is 0 Å². The zero-order valence-corrected chi connectivity index (χ0v) is 13.5. The van der Waals surface area contributed by atoms with E-state index in [1.807, 2.05) is 32.0 Å². The van der Waals surface area contributed by atoms with Crippen LogP contribution >= 0.6 is 11.3 Å². The summed E-state index contributed by atoms with van der Waals surface area (Å²) in [6.07, 6.45) is 3.32. The number of benzene rings is 1. The van der Waals surface area contributed by atoms with Crippen LogP contribution in [-0.2, 0) is 12.8 Å². The summed E-state index contributed by atoms with van der Waals surface area (Å²) in [6.45, 7) is 6.35. The average Bonchev–Trinajstić information content (AvgIpc) is 2.83. The van der Waals surface area contributed by atoms with E-state index in [-0.39, 0.29) is 5.91 Å². The van der Waals surface area contributed by atoms with Crippen molar-refractivity contribution >= 4 is 22.4 Å². The van der Waals surface area contributed by atoms with Gasteiger partial charge in [-0.1, -0.05) is 13.0 Å². The van der Waals surface area contributed by atoms with Gasteiger partial charge < -0.3 is 0 Å². The van der Waals surface area contributed by atoms with Gasteiger partial charge in [0.1, 0.15) is 0 Å². The number of thiazole rings is 1. The predicted molar refractivity (Wildman–Crippen MR) is 87.2 cm³/mol. The van der Waals surface area contributed by atoms with Gasteiger partial charge in [0.25, 0.3) is 5.91 Å². The summed E-state index contributed by atoms with van der Waals surface area (Å²) in [4.78, 5) is 18.2. The Bertz CT molecular complexity index is 690. The largest absolute Gasteiger partial charge is 0.298 e. The van der Waals surface area contributed by atoms with Crippen LogP contribution in [0.3, 0.4) is 0 Å². The third kappa shape index (κ3) is 3.00. The number of carbonyl (C=O) groups is 1. The standard InChI is InChI=1S/C17H20N2OS/c1-10-4-7-14-15(8-10)21-17(18-14)19-16(20)13-6-5-11(2)12(3)9-13/h5-6,9-10H,4,7-8H2,1-3H3,(H,18,19,20)/t10-/m1/s1. The fraction of sp³-hybridized carbons (Fsp3) is 0.412. The molecular weight excluding hydrogens is 280 g/mol. The molecule has 0 spiro atoms. The second-order valence-corrected chi connectivity index (χ2v) is 7.07. The lowest BCUT2D eigenvalue weighted by Crippen LogP contribution is -2.12. The molecule has 1 amide bonds. The Morgan fingerprint density at radius 3 is 2.90 bits per heavy atom. The first kappa shape index (κ1) is 14.3. The maximum absolute atomic E-state index is 12.3. The summed E-state index contributed by atoms with van der Waals surface area (Å²) in [5.41, 5.74) is 4.20. The van der Waals surface area contributed by atoms with Crippen molar-refractivity contribution in [2.75, 3.05) is 5.32 Å². The van der Waals surface area contributed by atoms with Gasteiger partial charge in [0, 0.05) is 10.4 Å². The Balaban J connectivity index is 1.77. The van der Waals surface area contributed by atoms with Crippen LogP contribution in [0.1, 0.15) is 45.4 Å². The van der Waals surface area contributed by atoms with E-state index in [0.29, 0.717) is 5.56 Å². The van der Waals surface area contributed by atoms with Crippen molar-refractivity contribution in [3.63, 3.8) is 0 Å². The van der Waals surface area contributed by atoms with E-state index < -0.39 is 0 Å². The highest BCUT2D eigenvalue weighted by molar-refractivity contribution is 7.15. The van der Waals surface area contributed by atoms with E-state index in [9.17, 15) is 4.79 Å². The summed E-state index contributed by atoms with van der Waals surface area (Å²) in [5, 5.41) is 3.68. The third-order valence-electron chi connectivity index (χ3n) is 4.18. The number of aryl methyl sites for hydroxylation is 3. The number of hydrogen-bond acceptors (Lipinski definition) is 3. The lowest BCUT2D eigenvalue weighted by Gasteiger charge is -2.15. The van der Waals surface area contributed by atoms with Gasteiger partial charge in [-0.25, -0.2) is 4.98 Å². The Kier molecular flexibility index (Phi) is 3.81. The number of rotatable bonds is 2. The van der Waals surface area contributed by atoms with Crippen LogP contribution in [0.2, 0.25) is 0 Å². The van der Waals surface area contributed by atoms with Crippen LogP contribution in [0.5, 0.6) is 0 Å². The molecule has 110 valence electrons. The molecule has 1 aromatic carbocycles. The van der Waals surface area contributed by atoms with Crippen molar-refractivity contribution < 1.29 is 4.79 Å². The molecule has 3 nitrogen and oxygen atoms in total. The monoisotopic (exact) mass is 300 g/mol. The fourth-order valence-corrected chi connectivity index (χ4v) is 3.81. The van der Waals surface area contributed by atoms with E-state index in [1.54, 1.807) is 11.3 Å². The molecule has 0 unspecified atom stereocenters. The first-order valence-corrected chi connectivity index (χ1v) is 8.22. The Morgan fingerprint density at radius 2 is 2.14 bits per heavy atom. The first-order chi connectivity index (χ1) is 10.0. The van der Waals surface area contributed by atoms with Gasteiger partial charge in [-0.2, -0.15) is 0 Å². The molecule has 4 heteroatoms. The van der Waals surface area contributed by atoms with Crippen LogP contribution in [0.15, 0.2) is 18.2 Å². The van der Waals surface area contributed by atoms with Crippen LogP contribution < -0.4 is 5.32 Å². The normalized spacial score (nSPS) is 17.4. The molecule has 21 heavy (non-hydrogen) atoms. The molecular formula is C17H20N2OS. The van der Waals surface area contributed by atoms with Crippen molar-refractivity contribution in [1.82, 2.24) is 4.98 Å². The van der Waals surface area contributed by atoms with Gasteiger partial charge in [-0.3, -0.25) is 10.1 Å². The molecule has 0 bridgehead atoms. The SMILES string of the molecule is Cc1ccc(C(=O)Nc2nc3c(s2)C[C@H](C)CC3)cc1C. The third-order valence-corrected chi connectivity index (χ3v) is 5.21. The molecule has 0 radical (unpaired) electrons. The minimum absolute atomic E-state index is 0.0720. The molecule has 1 heterocycles. The first-order valence-electron chi connectivity index (χ1n) is 7.40. The van der Waals surface area contributed by atoms with Crippen LogP contribution in [-0.4, -0.2) is 10.9 Å². The minimum Gasteiger partial charge on any atom is -0.298 e. The number of nitrogens with one attached hydrogen (secondary N) is 1. The summed E-state index contributed by atoms with van der Waals surface area (Å²) in [6, 6.07) is 5.78. The Morgan fingerprint density at radius 1 is 1.33 bits per heavy atom. The Labute approximate surface area is 129 Å². The fourth-order valence-electron chi connectivity index (χ4n) is 2.65. The average molecular weight is 300 g/mol. The lowest BCUT2D eigenvalue weighted by atomic mass is 9.93. The van der Waals surface area contributed by atoms with Gasteiger partial charge in [0.05, 0.1) is 5.69 Å². The maximum atomic E-state index is 12.3. The second-order valence-electron chi connectivity index (χ2n) is 5.99. The summed E-state index contributed by atoms with van der Waals surface area (Å²) in [7, 11) is 0. The van der Waals surface area contributed by atoms with E-state index in [4.69, 9.17) is 0 Å². The van der Waals surface area contributed by atoms with Crippen molar-refractivity contribution in [3.05, 3.63) is 45.5 Å². The molecule has 1 aliphatic rings.